The van der Waals surface area contributed by atoms with Gasteiger partial charge in [-0.15, -0.1) is 0 Å². The molecule has 0 aromatic heterocycles. The van der Waals surface area contributed by atoms with Gasteiger partial charge in [-0.1, -0.05) is 159 Å². The molecule has 0 amide bonds. The Labute approximate surface area is 331 Å². The van der Waals surface area contributed by atoms with Crippen molar-refractivity contribution in [2.45, 2.75) is 206 Å². The number of carbonyl (C=O) groups is 2. The summed E-state index contributed by atoms with van der Waals surface area (Å²) >= 11 is 0. The van der Waals surface area contributed by atoms with Gasteiger partial charge in [0.2, 0.25) is 0 Å². The molecule has 54 heavy (non-hydrogen) atoms. The van der Waals surface area contributed by atoms with Gasteiger partial charge in [0.05, 0.1) is 6.61 Å². The maximum atomic E-state index is 12.5. The quantitative estimate of drug-likeness (QED) is 0.0283. The number of esters is 2. The van der Waals surface area contributed by atoms with Crippen molar-refractivity contribution in [2.24, 2.45) is 0 Å². The molecule has 1 N–H and O–H groups in total. The van der Waals surface area contributed by atoms with E-state index in [1.54, 1.807) is 0 Å². The van der Waals surface area contributed by atoms with Crippen LogP contribution in [0.3, 0.4) is 0 Å². The minimum atomic E-state index is -4.27. The summed E-state index contributed by atoms with van der Waals surface area (Å²) in [5.41, 5.74) is 0. The Kier molecular flexibility index (Phi) is 39.2. The van der Waals surface area contributed by atoms with Crippen LogP contribution in [0.15, 0.2) is 48.6 Å². The molecule has 0 saturated carbocycles. The van der Waals surface area contributed by atoms with E-state index in [0.29, 0.717) is 6.42 Å². The van der Waals surface area contributed by atoms with Crippen LogP contribution in [0.5, 0.6) is 0 Å². The molecule has 0 aromatic carbocycles. The summed E-state index contributed by atoms with van der Waals surface area (Å²) in [6.45, 7) is 3.84. The number of hydrogen-bond donors (Lipinski definition) is 1. The van der Waals surface area contributed by atoms with Gasteiger partial charge in [0.15, 0.2) is 6.10 Å². The van der Waals surface area contributed by atoms with Gasteiger partial charge < -0.3 is 14.4 Å². The van der Waals surface area contributed by atoms with Crippen LogP contribution in [0, 0.1) is 0 Å². The van der Waals surface area contributed by atoms with Crippen LogP contribution in [0.25, 0.3) is 0 Å². The smallest absolute Gasteiger partial charge is 0.462 e. The molecular formula is C45H81O8P. The van der Waals surface area contributed by atoms with Crippen LogP contribution in [0.4, 0.5) is 0 Å². The SMILES string of the molecule is CCCCC/C=C\C/C=C\CCCCCCCCCCCC(=O)OC(COC(=O)CCCCCCC/C=C\C/C=C\CCCCCC)COP(=O)(O)OC. The van der Waals surface area contributed by atoms with Crippen LogP contribution in [0.2, 0.25) is 0 Å². The van der Waals surface area contributed by atoms with Crippen LogP contribution in [-0.4, -0.2) is 43.3 Å². The van der Waals surface area contributed by atoms with Gasteiger partial charge in [0.25, 0.3) is 0 Å². The second kappa shape index (κ2) is 40.7. The molecule has 0 aliphatic rings. The number of phosphoric acid groups is 1. The van der Waals surface area contributed by atoms with Crippen LogP contribution < -0.4 is 0 Å². The first-order valence-corrected chi connectivity index (χ1v) is 23.3. The van der Waals surface area contributed by atoms with E-state index >= 15 is 0 Å². The Hall–Kier alpha value is -1.99. The van der Waals surface area contributed by atoms with Gasteiger partial charge in [0.1, 0.15) is 6.61 Å². The highest BCUT2D eigenvalue weighted by Crippen LogP contribution is 2.42. The van der Waals surface area contributed by atoms with Crippen LogP contribution in [0.1, 0.15) is 200 Å². The number of unbranched alkanes of at least 4 members (excludes halogenated alkanes) is 21. The third-order valence-corrected chi connectivity index (χ3v) is 10.2. The maximum absolute atomic E-state index is 12.5. The number of allylic oxidation sites excluding steroid dienone is 8. The van der Waals surface area contributed by atoms with E-state index in [2.05, 4.69) is 67.0 Å². The zero-order valence-corrected chi connectivity index (χ0v) is 35.8. The molecule has 0 rings (SSSR count). The van der Waals surface area contributed by atoms with E-state index in [1.807, 2.05) is 0 Å². The molecule has 0 heterocycles. The largest absolute Gasteiger partial charge is 0.472 e. The lowest BCUT2D eigenvalue weighted by Crippen LogP contribution is -2.29. The van der Waals surface area contributed by atoms with E-state index in [0.717, 1.165) is 84.2 Å². The average Bonchev–Trinajstić information content (AvgIpc) is 3.16. The second-order valence-electron chi connectivity index (χ2n) is 14.5. The molecule has 2 unspecified atom stereocenters. The summed E-state index contributed by atoms with van der Waals surface area (Å²) in [7, 11) is -3.21. The minimum Gasteiger partial charge on any atom is -0.462 e. The van der Waals surface area contributed by atoms with Crippen molar-refractivity contribution in [3.8, 4) is 0 Å². The lowest BCUT2D eigenvalue weighted by atomic mass is 10.1. The zero-order valence-electron chi connectivity index (χ0n) is 34.9. The number of hydrogen-bond acceptors (Lipinski definition) is 7. The topological polar surface area (TPSA) is 108 Å². The lowest BCUT2D eigenvalue weighted by molar-refractivity contribution is -0.161. The Morgan fingerprint density at radius 2 is 0.889 bits per heavy atom. The van der Waals surface area contributed by atoms with E-state index in [-0.39, 0.29) is 25.4 Å². The third kappa shape index (κ3) is 39.7. The zero-order chi connectivity index (χ0) is 39.6. The normalized spacial score (nSPS) is 13.8. The Morgan fingerprint density at radius 1 is 0.519 bits per heavy atom. The first kappa shape index (κ1) is 52.0. The van der Waals surface area contributed by atoms with E-state index in [1.165, 1.54) is 89.9 Å². The second-order valence-corrected chi connectivity index (χ2v) is 16.0. The molecular weight excluding hydrogens is 699 g/mol. The monoisotopic (exact) mass is 781 g/mol. The molecule has 8 nitrogen and oxygen atoms in total. The minimum absolute atomic E-state index is 0.235. The van der Waals surface area contributed by atoms with Crippen LogP contribution in [-0.2, 0) is 32.7 Å². The molecule has 0 radical (unpaired) electrons. The predicted molar refractivity (Wildman–Crippen MR) is 225 cm³/mol. The fraction of sp³-hybridized carbons (Fsp3) is 0.778. The Balaban J connectivity index is 4.02. The average molecular weight is 781 g/mol. The van der Waals surface area contributed by atoms with Gasteiger partial charge in [-0.25, -0.2) is 4.57 Å². The van der Waals surface area contributed by atoms with Gasteiger partial charge in [0, 0.05) is 20.0 Å². The molecule has 0 aromatic rings. The summed E-state index contributed by atoms with van der Waals surface area (Å²) in [5.74, 6) is -0.823. The third-order valence-electron chi connectivity index (χ3n) is 9.30. The summed E-state index contributed by atoms with van der Waals surface area (Å²) in [6.07, 6.45) is 48.7. The summed E-state index contributed by atoms with van der Waals surface area (Å²) in [5, 5.41) is 0. The molecule has 0 saturated heterocycles. The Morgan fingerprint density at radius 3 is 1.33 bits per heavy atom. The molecule has 0 fully saturated rings. The lowest BCUT2D eigenvalue weighted by Gasteiger charge is -2.19. The van der Waals surface area contributed by atoms with Crippen LogP contribution >= 0.6 is 7.82 Å². The van der Waals surface area contributed by atoms with E-state index < -0.39 is 26.5 Å². The van der Waals surface area contributed by atoms with E-state index in [9.17, 15) is 19.0 Å². The van der Waals surface area contributed by atoms with Crippen molar-refractivity contribution in [1.82, 2.24) is 0 Å². The van der Waals surface area contributed by atoms with Gasteiger partial charge in [-0.3, -0.25) is 18.6 Å². The Bertz CT molecular complexity index is 1020. The van der Waals surface area contributed by atoms with Gasteiger partial charge >= 0.3 is 19.8 Å². The number of rotatable bonds is 40. The predicted octanol–water partition coefficient (Wildman–Crippen LogP) is 13.8. The number of phosphoric ester groups is 1. The molecule has 0 spiro atoms. The molecule has 314 valence electrons. The highest BCUT2D eigenvalue weighted by atomic mass is 31.2. The molecule has 9 heteroatoms. The van der Waals surface area contributed by atoms with Crippen molar-refractivity contribution < 1.29 is 37.6 Å². The first-order valence-electron chi connectivity index (χ1n) is 21.8. The fourth-order valence-corrected chi connectivity index (χ4v) is 6.35. The van der Waals surface area contributed by atoms with E-state index in [4.69, 9.17) is 14.0 Å². The fourth-order valence-electron chi connectivity index (χ4n) is 5.89. The number of ether oxygens (including phenoxy) is 2. The molecule has 0 aliphatic carbocycles. The molecule has 0 bridgehead atoms. The number of carbonyl (C=O) groups excluding carboxylic acids is 2. The molecule has 2 atom stereocenters. The maximum Gasteiger partial charge on any atom is 0.472 e. The standard InChI is InChI=1S/C45H81O8P/c1-4-6-8-10-12-14-16-18-20-22-23-24-26-28-30-32-34-36-38-40-45(47)53-43(42-52-54(48,49)50-3)41-51-44(46)39-37-35-33-31-29-27-25-21-19-17-15-13-11-9-7-5-2/h12,14-15,17-18,20-21,25,43H,4-11,13,16,19,22-24,26-42H2,1-3H3,(H,48,49)/b14-12-,17-15-,20-18-,25-21-. The summed E-state index contributed by atoms with van der Waals surface area (Å²) in [6, 6.07) is 0. The van der Waals surface area contributed by atoms with Gasteiger partial charge in [-0.2, -0.15) is 0 Å². The van der Waals surface area contributed by atoms with Crippen molar-refractivity contribution in [3.05, 3.63) is 48.6 Å². The van der Waals surface area contributed by atoms with Crippen molar-refractivity contribution in [3.63, 3.8) is 0 Å². The highest BCUT2D eigenvalue weighted by molar-refractivity contribution is 7.47. The highest BCUT2D eigenvalue weighted by Gasteiger charge is 2.24. The molecule has 0 aliphatic heterocycles. The summed E-state index contributed by atoms with van der Waals surface area (Å²) < 4.78 is 32.0. The first-order chi connectivity index (χ1) is 26.3. The van der Waals surface area contributed by atoms with Gasteiger partial charge in [-0.05, 0) is 77.0 Å². The van der Waals surface area contributed by atoms with Crippen molar-refractivity contribution in [1.29, 1.82) is 0 Å². The van der Waals surface area contributed by atoms with Crippen molar-refractivity contribution >= 4 is 19.8 Å². The summed E-state index contributed by atoms with van der Waals surface area (Å²) in [4.78, 5) is 34.5. The van der Waals surface area contributed by atoms with Crippen molar-refractivity contribution in [2.75, 3.05) is 20.3 Å².